The van der Waals surface area contributed by atoms with Crippen LogP contribution in [0, 0.1) is 5.92 Å². The van der Waals surface area contributed by atoms with Crippen LogP contribution in [0.15, 0.2) is 71.4 Å². The minimum Gasteiger partial charge on any atom is -0.465 e. The fraction of sp³-hybridized carbons (Fsp3) is 0.280. The van der Waals surface area contributed by atoms with E-state index in [1.54, 1.807) is 24.5 Å². The molecule has 5 nitrogen and oxygen atoms in total. The monoisotopic (exact) mass is 402 g/mol. The van der Waals surface area contributed by atoms with Crippen molar-refractivity contribution in [3.8, 4) is 0 Å². The second-order valence-electron chi connectivity index (χ2n) is 7.74. The Kier molecular flexibility index (Phi) is 6.28. The molecule has 1 aliphatic heterocycles. The van der Waals surface area contributed by atoms with Crippen LogP contribution in [0.2, 0.25) is 0 Å². The Bertz CT molecular complexity index is 1030. The van der Waals surface area contributed by atoms with Gasteiger partial charge in [0.05, 0.1) is 12.7 Å². The van der Waals surface area contributed by atoms with Crippen LogP contribution in [-0.4, -0.2) is 36.3 Å². The average Bonchev–Trinajstić information content (AvgIpc) is 3.30. The van der Waals surface area contributed by atoms with Gasteiger partial charge in [-0.05, 0) is 53.3 Å². The van der Waals surface area contributed by atoms with Gasteiger partial charge in [-0.3, -0.25) is 9.59 Å². The number of carbonyl (C=O) groups excluding carboxylic acids is 2. The number of rotatable bonds is 6. The Morgan fingerprint density at radius 2 is 1.83 bits per heavy atom. The molecular formula is C25H26N2O3. The van der Waals surface area contributed by atoms with Gasteiger partial charge in [-0.25, -0.2) is 0 Å². The lowest BCUT2D eigenvalue weighted by Gasteiger charge is -2.31. The quantitative estimate of drug-likeness (QED) is 0.633. The summed E-state index contributed by atoms with van der Waals surface area (Å²) in [6.45, 7) is 2.09. The minimum atomic E-state index is 0.00448. The van der Waals surface area contributed by atoms with E-state index >= 15 is 0 Å². The Morgan fingerprint density at radius 1 is 1.03 bits per heavy atom. The largest absolute Gasteiger partial charge is 0.465 e. The summed E-state index contributed by atoms with van der Waals surface area (Å²) in [5, 5.41) is 5.37. The summed E-state index contributed by atoms with van der Waals surface area (Å²) in [4.78, 5) is 26.6. The van der Waals surface area contributed by atoms with E-state index in [1.165, 1.54) is 0 Å². The number of nitrogens with zero attached hydrogens (tertiary/aromatic N) is 1. The summed E-state index contributed by atoms with van der Waals surface area (Å²) >= 11 is 0. The zero-order valence-corrected chi connectivity index (χ0v) is 16.9. The van der Waals surface area contributed by atoms with Crippen molar-refractivity contribution in [2.75, 3.05) is 19.6 Å². The van der Waals surface area contributed by atoms with Crippen molar-refractivity contribution >= 4 is 28.7 Å². The van der Waals surface area contributed by atoms with Gasteiger partial charge in [0, 0.05) is 25.7 Å². The number of fused-ring (bicyclic) bond motifs is 1. The molecule has 154 valence electrons. The topological polar surface area (TPSA) is 62.6 Å². The highest BCUT2D eigenvalue weighted by molar-refractivity contribution is 5.91. The van der Waals surface area contributed by atoms with Crippen LogP contribution in [0.1, 0.15) is 24.2 Å². The fourth-order valence-corrected chi connectivity index (χ4v) is 3.94. The van der Waals surface area contributed by atoms with Crippen LogP contribution in [0.25, 0.3) is 16.8 Å². The molecule has 0 atom stereocenters. The van der Waals surface area contributed by atoms with Gasteiger partial charge in [-0.1, -0.05) is 42.5 Å². The number of benzene rings is 2. The Morgan fingerprint density at radius 3 is 2.63 bits per heavy atom. The first-order valence-corrected chi connectivity index (χ1v) is 10.4. The maximum atomic E-state index is 12.5. The third kappa shape index (κ3) is 4.98. The summed E-state index contributed by atoms with van der Waals surface area (Å²) in [6, 6.07) is 17.8. The van der Waals surface area contributed by atoms with Crippen LogP contribution in [0.4, 0.5) is 0 Å². The third-order valence-corrected chi connectivity index (χ3v) is 5.68. The zero-order chi connectivity index (χ0) is 20.8. The van der Waals surface area contributed by atoms with Crippen molar-refractivity contribution in [2.24, 2.45) is 5.92 Å². The first-order valence-electron chi connectivity index (χ1n) is 10.4. The third-order valence-electron chi connectivity index (χ3n) is 5.68. The lowest BCUT2D eigenvalue weighted by atomic mass is 9.96. The molecule has 3 aromatic rings. The number of hydrogen-bond acceptors (Lipinski definition) is 3. The van der Waals surface area contributed by atoms with Gasteiger partial charge in [-0.15, -0.1) is 0 Å². The molecule has 0 unspecified atom stereocenters. The molecule has 0 bridgehead atoms. The van der Waals surface area contributed by atoms with E-state index in [0.717, 1.165) is 29.2 Å². The maximum absolute atomic E-state index is 12.5. The van der Waals surface area contributed by atoms with Gasteiger partial charge in [0.1, 0.15) is 5.76 Å². The molecule has 2 heterocycles. The van der Waals surface area contributed by atoms with Crippen molar-refractivity contribution in [1.29, 1.82) is 0 Å². The van der Waals surface area contributed by atoms with Crippen molar-refractivity contribution in [3.05, 3.63) is 78.3 Å². The second-order valence-corrected chi connectivity index (χ2v) is 7.74. The Balaban J connectivity index is 1.22. The highest BCUT2D eigenvalue weighted by Gasteiger charge is 2.22. The molecule has 1 saturated heterocycles. The van der Waals surface area contributed by atoms with Crippen molar-refractivity contribution < 1.29 is 14.0 Å². The number of likely N-dealkylation sites (tertiary alicyclic amines) is 1. The lowest BCUT2D eigenvalue weighted by molar-refractivity contribution is -0.127. The van der Waals surface area contributed by atoms with E-state index in [1.807, 2.05) is 35.2 Å². The summed E-state index contributed by atoms with van der Waals surface area (Å²) < 4.78 is 5.21. The molecule has 4 rings (SSSR count). The van der Waals surface area contributed by atoms with Crippen molar-refractivity contribution in [2.45, 2.75) is 19.3 Å². The lowest BCUT2D eigenvalue weighted by Crippen LogP contribution is -2.41. The van der Waals surface area contributed by atoms with Gasteiger partial charge < -0.3 is 14.6 Å². The highest BCUT2D eigenvalue weighted by atomic mass is 16.3. The number of piperidine rings is 1. The van der Waals surface area contributed by atoms with E-state index in [2.05, 4.69) is 23.5 Å². The predicted molar refractivity (Wildman–Crippen MR) is 118 cm³/mol. The molecule has 1 fully saturated rings. The molecule has 2 amide bonds. The number of carbonyl (C=O) groups is 2. The molecule has 1 aromatic heterocycles. The average molecular weight is 402 g/mol. The van der Waals surface area contributed by atoms with E-state index in [9.17, 15) is 9.59 Å². The number of hydrogen-bond donors (Lipinski definition) is 1. The predicted octanol–water partition coefficient (Wildman–Crippen LogP) is 4.04. The Hall–Kier alpha value is -3.34. The molecule has 0 aliphatic carbocycles. The minimum absolute atomic E-state index is 0.00448. The summed E-state index contributed by atoms with van der Waals surface area (Å²) in [6.07, 6.45) is 7.03. The molecule has 30 heavy (non-hydrogen) atoms. The SMILES string of the molecule is O=C(Cc1cccc2ccccc12)NCC1CCN(C(=O)/C=C/c2ccco2)CC1. The van der Waals surface area contributed by atoms with Crippen LogP contribution in [0.3, 0.4) is 0 Å². The molecule has 2 aromatic carbocycles. The van der Waals surface area contributed by atoms with E-state index in [0.29, 0.717) is 37.7 Å². The summed E-state index contributed by atoms with van der Waals surface area (Å²) in [5.74, 6) is 1.13. The molecule has 0 spiro atoms. The first kappa shape index (κ1) is 20.0. The van der Waals surface area contributed by atoms with Gasteiger partial charge in [0.15, 0.2) is 0 Å². The van der Waals surface area contributed by atoms with Gasteiger partial charge >= 0.3 is 0 Å². The highest BCUT2D eigenvalue weighted by Crippen LogP contribution is 2.20. The standard InChI is InChI=1S/C25H26N2O3/c28-24(17-21-7-3-6-20-5-1-2-9-23(20)21)26-18-19-12-14-27(15-13-19)25(29)11-10-22-8-4-16-30-22/h1-11,16,19H,12-15,17-18H2,(H,26,28)/b11-10+. The number of nitrogens with one attached hydrogen (secondary N) is 1. The van der Waals surface area contributed by atoms with Gasteiger partial charge in [0.2, 0.25) is 11.8 Å². The summed E-state index contributed by atoms with van der Waals surface area (Å²) in [5.41, 5.74) is 1.05. The maximum Gasteiger partial charge on any atom is 0.246 e. The summed E-state index contributed by atoms with van der Waals surface area (Å²) in [7, 11) is 0. The molecule has 1 N–H and O–H groups in total. The normalized spacial score (nSPS) is 15.0. The van der Waals surface area contributed by atoms with Gasteiger partial charge in [0.25, 0.3) is 0 Å². The molecule has 0 radical (unpaired) electrons. The molecule has 1 aliphatic rings. The van der Waals surface area contributed by atoms with Crippen LogP contribution < -0.4 is 5.32 Å². The first-order chi connectivity index (χ1) is 14.7. The fourth-order valence-electron chi connectivity index (χ4n) is 3.94. The zero-order valence-electron chi connectivity index (χ0n) is 16.9. The molecule has 5 heteroatoms. The van der Waals surface area contributed by atoms with E-state index < -0.39 is 0 Å². The van der Waals surface area contributed by atoms with Crippen molar-refractivity contribution in [1.82, 2.24) is 10.2 Å². The van der Waals surface area contributed by atoms with Crippen LogP contribution >= 0.6 is 0 Å². The van der Waals surface area contributed by atoms with Crippen molar-refractivity contribution in [3.63, 3.8) is 0 Å². The molecular weight excluding hydrogens is 376 g/mol. The van der Waals surface area contributed by atoms with E-state index in [-0.39, 0.29) is 11.8 Å². The van der Waals surface area contributed by atoms with Crippen LogP contribution in [-0.2, 0) is 16.0 Å². The van der Waals surface area contributed by atoms with E-state index in [4.69, 9.17) is 4.42 Å². The number of amides is 2. The number of furan rings is 1. The van der Waals surface area contributed by atoms with Crippen LogP contribution in [0.5, 0.6) is 0 Å². The molecule has 0 saturated carbocycles. The Labute approximate surface area is 176 Å². The second kappa shape index (κ2) is 9.44. The smallest absolute Gasteiger partial charge is 0.246 e. The van der Waals surface area contributed by atoms with Gasteiger partial charge in [-0.2, -0.15) is 0 Å².